The molecule has 0 aliphatic heterocycles. The summed E-state index contributed by atoms with van der Waals surface area (Å²) in [6, 6.07) is 7.37. The average molecular weight is 337 g/mol. The molecule has 1 aromatic heterocycles. The van der Waals surface area contributed by atoms with Gasteiger partial charge in [-0.3, -0.25) is 4.79 Å². The van der Waals surface area contributed by atoms with Gasteiger partial charge in [0.25, 0.3) is 0 Å². The van der Waals surface area contributed by atoms with Crippen molar-refractivity contribution in [3.05, 3.63) is 46.6 Å². The Morgan fingerprint density at radius 1 is 1.30 bits per heavy atom. The molecule has 1 heterocycles. The fourth-order valence-corrected chi connectivity index (χ4v) is 2.33. The van der Waals surface area contributed by atoms with E-state index >= 15 is 0 Å². The number of aromatic nitrogens is 2. The van der Waals surface area contributed by atoms with E-state index in [1.165, 1.54) is 6.92 Å². The Labute approximate surface area is 140 Å². The normalized spacial score (nSPS) is 13.6. The van der Waals surface area contributed by atoms with E-state index in [-0.39, 0.29) is 18.0 Å². The van der Waals surface area contributed by atoms with Gasteiger partial charge in [0.15, 0.2) is 5.82 Å². The van der Waals surface area contributed by atoms with Gasteiger partial charge in [0.2, 0.25) is 11.8 Å². The van der Waals surface area contributed by atoms with Crippen LogP contribution in [-0.4, -0.2) is 29.1 Å². The maximum atomic E-state index is 11.5. The Morgan fingerprint density at radius 2 is 2.00 bits per heavy atom. The van der Waals surface area contributed by atoms with Crippen molar-refractivity contribution in [2.75, 3.05) is 7.05 Å². The highest BCUT2D eigenvalue weighted by Gasteiger charge is 2.18. The first-order valence-corrected chi connectivity index (χ1v) is 7.87. The van der Waals surface area contributed by atoms with E-state index in [2.05, 4.69) is 20.8 Å². The molecule has 0 radical (unpaired) electrons. The van der Waals surface area contributed by atoms with Gasteiger partial charge in [-0.1, -0.05) is 28.9 Å². The molecule has 0 bridgehead atoms. The number of benzene rings is 1. The molecule has 23 heavy (non-hydrogen) atoms. The number of likely N-dealkylation sites (N-methyl/N-ethyl adjacent to an activating group) is 1. The third-order valence-corrected chi connectivity index (χ3v) is 3.77. The Kier molecular flexibility index (Phi) is 6.12. The summed E-state index contributed by atoms with van der Waals surface area (Å²) in [5.41, 5.74) is 0.938. The van der Waals surface area contributed by atoms with Crippen LogP contribution in [0, 0.1) is 0 Å². The molecular formula is C16H21ClN4O2. The van der Waals surface area contributed by atoms with Gasteiger partial charge in [-0.2, -0.15) is 4.98 Å². The van der Waals surface area contributed by atoms with Gasteiger partial charge in [0.05, 0.1) is 12.5 Å². The van der Waals surface area contributed by atoms with Crippen molar-refractivity contribution >= 4 is 17.5 Å². The van der Waals surface area contributed by atoms with Crippen molar-refractivity contribution in [3.8, 4) is 0 Å². The lowest BCUT2D eigenvalue weighted by Crippen LogP contribution is -2.27. The lowest BCUT2D eigenvalue weighted by Gasteiger charge is -2.16. The topological polar surface area (TPSA) is 80.0 Å². The molecule has 0 aliphatic rings. The number of rotatable bonds is 7. The van der Waals surface area contributed by atoms with E-state index in [4.69, 9.17) is 16.1 Å². The third-order valence-electron chi connectivity index (χ3n) is 3.52. The maximum absolute atomic E-state index is 11.5. The van der Waals surface area contributed by atoms with Crippen molar-refractivity contribution in [3.63, 3.8) is 0 Å². The molecule has 2 atom stereocenters. The summed E-state index contributed by atoms with van der Waals surface area (Å²) in [6.07, 6.45) is 1.12. The zero-order valence-electron chi connectivity index (χ0n) is 13.5. The third kappa shape index (κ3) is 5.33. The molecule has 1 aromatic carbocycles. The SMILES string of the molecule is CNC(C)Cc1noc(CC(NC(C)=O)c2ccc(Cl)cc2)n1. The predicted molar refractivity (Wildman–Crippen MR) is 88.2 cm³/mol. The lowest BCUT2D eigenvalue weighted by atomic mass is 10.0. The fraction of sp³-hybridized carbons (Fsp3) is 0.438. The molecule has 2 N–H and O–H groups in total. The average Bonchev–Trinajstić information content (AvgIpc) is 2.94. The summed E-state index contributed by atoms with van der Waals surface area (Å²) in [4.78, 5) is 15.9. The van der Waals surface area contributed by atoms with Crippen LogP contribution in [0.1, 0.15) is 37.2 Å². The van der Waals surface area contributed by atoms with E-state index in [9.17, 15) is 4.79 Å². The molecule has 6 nitrogen and oxygen atoms in total. The molecule has 0 saturated carbocycles. The van der Waals surface area contributed by atoms with Gasteiger partial charge in [0, 0.05) is 24.4 Å². The first-order valence-electron chi connectivity index (χ1n) is 7.49. The lowest BCUT2D eigenvalue weighted by molar-refractivity contribution is -0.119. The van der Waals surface area contributed by atoms with Gasteiger partial charge in [-0.15, -0.1) is 0 Å². The van der Waals surface area contributed by atoms with Crippen LogP contribution in [0.5, 0.6) is 0 Å². The number of nitrogens with zero attached hydrogens (tertiary/aromatic N) is 2. The molecule has 0 fully saturated rings. The fourth-order valence-electron chi connectivity index (χ4n) is 2.20. The Bertz CT molecular complexity index is 642. The highest BCUT2D eigenvalue weighted by atomic mass is 35.5. The molecular weight excluding hydrogens is 316 g/mol. The minimum Gasteiger partial charge on any atom is -0.349 e. The van der Waals surface area contributed by atoms with E-state index in [0.717, 1.165) is 5.56 Å². The van der Waals surface area contributed by atoms with Crippen LogP contribution in [-0.2, 0) is 17.6 Å². The van der Waals surface area contributed by atoms with Crippen molar-refractivity contribution < 1.29 is 9.32 Å². The highest BCUT2D eigenvalue weighted by Crippen LogP contribution is 2.20. The van der Waals surface area contributed by atoms with Crippen LogP contribution in [0.2, 0.25) is 5.02 Å². The van der Waals surface area contributed by atoms with E-state index in [0.29, 0.717) is 29.6 Å². The van der Waals surface area contributed by atoms with Crippen molar-refractivity contribution in [2.24, 2.45) is 0 Å². The quantitative estimate of drug-likeness (QED) is 0.811. The van der Waals surface area contributed by atoms with Crippen molar-refractivity contribution in [2.45, 2.75) is 38.8 Å². The first-order chi connectivity index (χ1) is 11.0. The summed E-state index contributed by atoms with van der Waals surface area (Å²) < 4.78 is 5.30. The van der Waals surface area contributed by atoms with Crippen LogP contribution in [0.15, 0.2) is 28.8 Å². The van der Waals surface area contributed by atoms with Crippen molar-refractivity contribution in [1.29, 1.82) is 0 Å². The Hall–Kier alpha value is -1.92. The smallest absolute Gasteiger partial charge is 0.229 e. The van der Waals surface area contributed by atoms with Crippen molar-refractivity contribution in [1.82, 2.24) is 20.8 Å². The van der Waals surface area contributed by atoms with Gasteiger partial charge >= 0.3 is 0 Å². The van der Waals surface area contributed by atoms with Gasteiger partial charge in [0.1, 0.15) is 0 Å². The summed E-state index contributed by atoms with van der Waals surface area (Å²) >= 11 is 5.91. The monoisotopic (exact) mass is 336 g/mol. The summed E-state index contributed by atoms with van der Waals surface area (Å²) in [6.45, 7) is 3.53. The number of nitrogens with one attached hydrogen (secondary N) is 2. The molecule has 2 unspecified atom stereocenters. The Morgan fingerprint density at radius 3 is 2.61 bits per heavy atom. The largest absolute Gasteiger partial charge is 0.349 e. The summed E-state index contributed by atoms with van der Waals surface area (Å²) in [7, 11) is 1.89. The van der Waals surface area contributed by atoms with E-state index < -0.39 is 0 Å². The molecule has 7 heteroatoms. The number of amides is 1. The van der Waals surface area contributed by atoms with Crippen LogP contribution in [0.4, 0.5) is 0 Å². The zero-order chi connectivity index (χ0) is 16.8. The highest BCUT2D eigenvalue weighted by molar-refractivity contribution is 6.30. The molecule has 124 valence electrons. The molecule has 1 amide bonds. The second-order valence-electron chi connectivity index (χ2n) is 5.51. The van der Waals surface area contributed by atoms with Gasteiger partial charge in [-0.05, 0) is 31.7 Å². The number of halogens is 1. The maximum Gasteiger partial charge on any atom is 0.229 e. The van der Waals surface area contributed by atoms with Crippen LogP contribution in [0.25, 0.3) is 0 Å². The molecule has 2 aromatic rings. The first kappa shape index (κ1) is 17.4. The minimum absolute atomic E-state index is 0.117. The molecule has 0 spiro atoms. The molecule has 2 rings (SSSR count). The Balaban J connectivity index is 2.11. The van der Waals surface area contributed by atoms with E-state index in [1.807, 2.05) is 26.1 Å². The van der Waals surface area contributed by atoms with Crippen LogP contribution < -0.4 is 10.6 Å². The van der Waals surface area contributed by atoms with Crippen LogP contribution in [0.3, 0.4) is 0 Å². The van der Waals surface area contributed by atoms with Crippen LogP contribution >= 0.6 is 11.6 Å². The van der Waals surface area contributed by atoms with Gasteiger partial charge in [-0.25, -0.2) is 0 Å². The zero-order valence-corrected chi connectivity index (χ0v) is 14.2. The van der Waals surface area contributed by atoms with Gasteiger partial charge < -0.3 is 15.2 Å². The van der Waals surface area contributed by atoms with E-state index in [1.54, 1.807) is 12.1 Å². The second kappa shape index (κ2) is 8.08. The number of carbonyl (C=O) groups excluding carboxylic acids is 1. The standard InChI is InChI=1S/C16H21ClN4O2/c1-10(18-3)8-15-20-16(23-21-15)9-14(19-11(2)22)12-4-6-13(17)7-5-12/h4-7,10,14,18H,8-9H2,1-3H3,(H,19,22). The minimum atomic E-state index is -0.236. The number of hydrogen-bond acceptors (Lipinski definition) is 5. The number of hydrogen-bond donors (Lipinski definition) is 2. The molecule has 0 aliphatic carbocycles. The second-order valence-corrected chi connectivity index (χ2v) is 5.94. The summed E-state index contributed by atoms with van der Waals surface area (Å²) in [5.74, 6) is 1.03. The predicted octanol–water partition coefficient (Wildman–Crippen LogP) is 2.29. The summed E-state index contributed by atoms with van der Waals surface area (Å²) in [5, 5.41) is 10.7. The number of carbonyl (C=O) groups is 1. The molecule has 0 saturated heterocycles.